The first-order valence-corrected chi connectivity index (χ1v) is 6.98. The molecule has 5 heteroatoms. The SMILES string of the molecule is Cl.O=C(CCN1CCCC1)c1ccc2c(c1)OCCO2. The lowest BCUT2D eigenvalue weighted by Gasteiger charge is -2.19. The van der Waals surface area contributed by atoms with Crippen molar-refractivity contribution in [3.63, 3.8) is 0 Å². The van der Waals surface area contributed by atoms with Crippen molar-refractivity contribution in [2.75, 3.05) is 32.8 Å². The molecule has 0 amide bonds. The Morgan fingerprint density at radius 1 is 1.10 bits per heavy atom. The van der Waals surface area contributed by atoms with Crippen LogP contribution in [-0.4, -0.2) is 43.5 Å². The van der Waals surface area contributed by atoms with E-state index in [1.807, 2.05) is 12.1 Å². The van der Waals surface area contributed by atoms with Gasteiger partial charge in [-0.05, 0) is 44.1 Å². The number of hydrogen-bond acceptors (Lipinski definition) is 4. The molecule has 0 aromatic heterocycles. The molecule has 0 radical (unpaired) electrons. The summed E-state index contributed by atoms with van der Waals surface area (Å²) >= 11 is 0. The lowest BCUT2D eigenvalue weighted by molar-refractivity contribution is 0.0967. The second-order valence-corrected chi connectivity index (χ2v) is 5.08. The van der Waals surface area contributed by atoms with Crippen LogP contribution in [0.25, 0.3) is 0 Å². The van der Waals surface area contributed by atoms with E-state index in [0.717, 1.165) is 30.9 Å². The third-order valence-electron chi connectivity index (χ3n) is 3.72. The zero-order valence-electron chi connectivity index (χ0n) is 11.5. The van der Waals surface area contributed by atoms with Gasteiger partial charge in [-0.2, -0.15) is 0 Å². The van der Waals surface area contributed by atoms with Crippen molar-refractivity contribution in [2.24, 2.45) is 0 Å². The number of fused-ring (bicyclic) bond motifs is 1. The fourth-order valence-corrected chi connectivity index (χ4v) is 2.63. The molecule has 1 aromatic rings. The van der Waals surface area contributed by atoms with Crippen LogP contribution < -0.4 is 9.47 Å². The fourth-order valence-electron chi connectivity index (χ4n) is 2.63. The molecule has 0 N–H and O–H groups in total. The number of ether oxygens (including phenoxy) is 2. The molecule has 1 saturated heterocycles. The van der Waals surface area contributed by atoms with Crippen LogP contribution in [0.2, 0.25) is 0 Å². The number of carbonyl (C=O) groups is 1. The van der Waals surface area contributed by atoms with Crippen molar-refractivity contribution < 1.29 is 14.3 Å². The molecule has 0 atom stereocenters. The molecule has 0 unspecified atom stereocenters. The minimum absolute atomic E-state index is 0. The van der Waals surface area contributed by atoms with Gasteiger partial charge in [0.15, 0.2) is 17.3 Å². The predicted molar refractivity (Wildman–Crippen MR) is 79.3 cm³/mol. The first-order chi connectivity index (χ1) is 9.33. The zero-order valence-corrected chi connectivity index (χ0v) is 12.3. The predicted octanol–water partition coefficient (Wildman–Crippen LogP) is 2.55. The van der Waals surface area contributed by atoms with Crippen molar-refractivity contribution in [3.8, 4) is 11.5 Å². The third-order valence-corrected chi connectivity index (χ3v) is 3.72. The van der Waals surface area contributed by atoms with E-state index in [-0.39, 0.29) is 18.2 Å². The summed E-state index contributed by atoms with van der Waals surface area (Å²) < 4.78 is 11.0. The number of likely N-dealkylation sites (tertiary alicyclic amines) is 1. The van der Waals surface area contributed by atoms with Crippen LogP contribution in [-0.2, 0) is 0 Å². The maximum atomic E-state index is 12.2. The molecule has 2 heterocycles. The second kappa shape index (κ2) is 6.95. The molecule has 1 fully saturated rings. The molecule has 2 aliphatic rings. The van der Waals surface area contributed by atoms with E-state index in [2.05, 4.69) is 4.90 Å². The topological polar surface area (TPSA) is 38.8 Å². The molecule has 0 spiro atoms. The summed E-state index contributed by atoms with van der Waals surface area (Å²) in [4.78, 5) is 14.5. The summed E-state index contributed by atoms with van der Waals surface area (Å²) in [5.74, 6) is 1.62. The van der Waals surface area contributed by atoms with Gasteiger partial charge >= 0.3 is 0 Å². The normalized spacial score (nSPS) is 17.6. The average Bonchev–Trinajstić information content (AvgIpc) is 2.97. The van der Waals surface area contributed by atoms with Crippen LogP contribution in [0.3, 0.4) is 0 Å². The molecule has 4 nitrogen and oxygen atoms in total. The van der Waals surface area contributed by atoms with E-state index in [9.17, 15) is 4.79 Å². The molecular formula is C15H20ClNO3. The molecular weight excluding hydrogens is 278 g/mol. The van der Waals surface area contributed by atoms with Gasteiger partial charge in [0, 0.05) is 18.5 Å². The van der Waals surface area contributed by atoms with Gasteiger partial charge in [-0.3, -0.25) is 4.79 Å². The highest BCUT2D eigenvalue weighted by Crippen LogP contribution is 2.31. The minimum atomic E-state index is 0. The van der Waals surface area contributed by atoms with Crippen molar-refractivity contribution in [2.45, 2.75) is 19.3 Å². The highest BCUT2D eigenvalue weighted by molar-refractivity contribution is 5.96. The van der Waals surface area contributed by atoms with Gasteiger partial charge in [-0.15, -0.1) is 12.4 Å². The van der Waals surface area contributed by atoms with E-state index >= 15 is 0 Å². The Kier molecular flexibility index (Phi) is 5.26. The van der Waals surface area contributed by atoms with Gasteiger partial charge in [-0.25, -0.2) is 0 Å². The highest BCUT2D eigenvalue weighted by Gasteiger charge is 2.17. The second-order valence-electron chi connectivity index (χ2n) is 5.08. The summed E-state index contributed by atoms with van der Waals surface area (Å²) in [5.41, 5.74) is 0.725. The molecule has 3 rings (SSSR count). The number of benzene rings is 1. The van der Waals surface area contributed by atoms with E-state index in [1.165, 1.54) is 12.8 Å². The number of Topliss-reactive ketones (excluding diaryl/α,β-unsaturated/α-hetero) is 1. The van der Waals surface area contributed by atoms with Gasteiger partial charge in [0.1, 0.15) is 13.2 Å². The van der Waals surface area contributed by atoms with E-state index in [0.29, 0.717) is 25.4 Å². The Labute approximate surface area is 125 Å². The van der Waals surface area contributed by atoms with E-state index < -0.39 is 0 Å². The molecule has 2 aliphatic heterocycles. The smallest absolute Gasteiger partial charge is 0.164 e. The van der Waals surface area contributed by atoms with Crippen LogP contribution in [0.5, 0.6) is 11.5 Å². The van der Waals surface area contributed by atoms with Gasteiger partial charge in [0.2, 0.25) is 0 Å². The Morgan fingerprint density at radius 3 is 2.55 bits per heavy atom. The maximum absolute atomic E-state index is 12.2. The monoisotopic (exact) mass is 297 g/mol. The number of nitrogens with zero attached hydrogens (tertiary/aromatic N) is 1. The van der Waals surface area contributed by atoms with Crippen molar-refractivity contribution in [3.05, 3.63) is 23.8 Å². The van der Waals surface area contributed by atoms with Crippen molar-refractivity contribution >= 4 is 18.2 Å². The Hall–Kier alpha value is -1.26. The molecule has 20 heavy (non-hydrogen) atoms. The van der Waals surface area contributed by atoms with Crippen LogP contribution in [0.1, 0.15) is 29.6 Å². The molecule has 1 aromatic carbocycles. The highest BCUT2D eigenvalue weighted by atomic mass is 35.5. The molecule has 0 bridgehead atoms. The summed E-state index contributed by atoms with van der Waals surface area (Å²) in [5, 5.41) is 0. The summed E-state index contributed by atoms with van der Waals surface area (Å²) in [7, 11) is 0. The van der Waals surface area contributed by atoms with Crippen LogP contribution in [0, 0.1) is 0 Å². The molecule has 110 valence electrons. The Morgan fingerprint density at radius 2 is 1.80 bits per heavy atom. The first-order valence-electron chi connectivity index (χ1n) is 6.98. The minimum Gasteiger partial charge on any atom is -0.486 e. The lowest BCUT2D eigenvalue weighted by Crippen LogP contribution is -2.22. The van der Waals surface area contributed by atoms with Crippen molar-refractivity contribution in [1.29, 1.82) is 0 Å². The average molecular weight is 298 g/mol. The Balaban J connectivity index is 0.00000147. The largest absolute Gasteiger partial charge is 0.486 e. The van der Waals surface area contributed by atoms with Gasteiger partial charge in [0.05, 0.1) is 0 Å². The fraction of sp³-hybridized carbons (Fsp3) is 0.533. The van der Waals surface area contributed by atoms with Gasteiger partial charge in [0.25, 0.3) is 0 Å². The van der Waals surface area contributed by atoms with Crippen LogP contribution in [0.15, 0.2) is 18.2 Å². The van der Waals surface area contributed by atoms with Gasteiger partial charge < -0.3 is 14.4 Å². The number of carbonyl (C=O) groups excluding carboxylic acids is 1. The Bertz CT molecular complexity index is 472. The molecule has 0 saturated carbocycles. The number of halogens is 1. The van der Waals surface area contributed by atoms with Gasteiger partial charge in [-0.1, -0.05) is 0 Å². The molecule has 0 aliphatic carbocycles. The quantitative estimate of drug-likeness (QED) is 0.801. The zero-order chi connectivity index (χ0) is 13.1. The summed E-state index contributed by atoms with van der Waals surface area (Å²) in [6.07, 6.45) is 3.11. The standard InChI is InChI=1S/C15H19NO3.ClH/c17-13(5-8-16-6-1-2-7-16)12-3-4-14-15(11-12)19-10-9-18-14;/h3-4,11H,1-2,5-10H2;1H. The summed E-state index contributed by atoms with van der Waals surface area (Å²) in [6.45, 7) is 4.27. The lowest BCUT2D eigenvalue weighted by atomic mass is 10.1. The maximum Gasteiger partial charge on any atom is 0.164 e. The van der Waals surface area contributed by atoms with Crippen LogP contribution in [0.4, 0.5) is 0 Å². The number of hydrogen-bond donors (Lipinski definition) is 0. The first kappa shape index (κ1) is 15.1. The summed E-state index contributed by atoms with van der Waals surface area (Å²) in [6, 6.07) is 5.47. The van der Waals surface area contributed by atoms with E-state index in [1.54, 1.807) is 6.07 Å². The third kappa shape index (κ3) is 3.44. The number of ketones is 1. The van der Waals surface area contributed by atoms with E-state index in [4.69, 9.17) is 9.47 Å². The van der Waals surface area contributed by atoms with Crippen LogP contribution >= 0.6 is 12.4 Å². The number of rotatable bonds is 4. The van der Waals surface area contributed by atoms with Crippen molar-refractivity contribution in [1.82, 2.24) is 4.90 Å².